The summed E-state index contributed by atoms with van der Waals surface area (Å²) in [4.78, 5) is -0.0508. The number of sulfone groups is 1. The Morgan fingerprint density at radius 3 is 2.49 bits per heavy atom. The Bertz CT molecular complexity index is 1500. The minimum atomic E-state index is -3.88. The molecule has 0 bridgehead atoms. The third kappa shape index (κ3) is 4.80. The molecule has 0 amide bonds. The quantitative estimate of drug-likeness (QED) is 0.337. The van der Waals surface area contributed by atoms with Gasteiger partial charge < -0.3 is 15.7 Å². The predicted octanol–water partition coefficient (Wildman–Crippen LogP) is 6.50. The second-order valence-corrected chi connectivity index (χ2v) is 12.4. The van der Waals surface area contributed by atoms with Gasteiger partial charge in [-0.3, -0.25) is 0 Å². The van der Waals surface area contributed by atoms with Crippen LogP contribution in [0.1, 0.15) is 43.0 Å². The number of fused-ring (bicyclic) bond motifs is 1. The summed E-state index contributed by atoms with van der Waals surface area (Å²) in [5.74, 6) is -4.54. The number of nitrogens with one attached hydrogen (secondary N) is 2. The zero-order chi connectivity index (χ0) is 26.6. The Morgan fingerprint density at radius 2 is 1.78 bits per heavy atom. The van der Waals surface area contributed by atoms with E-state index in [-0.39, 0.29) is 27.7 Å². The summed E-state index contributed by atoms with van der Waals surface area (Å²) >= 11 is 0. The number of allylic oxidation sites excluding steroid dienone is 1. The highest BCUT2D eigenvalue weighted by molar-refractivity contribution is 7.95. The first kappa shape index (κ1) is 25.2. The third-order valence-electron chi connectivity index (χ3n) is 6.75. The number of hydrogen-bond donors (Lipinski definition) is 3. The molecule has 2 aliphatic heterocycles. The number of halogens is 3. The number of anilines is 2. The van der Waals surface area contributed by atoms with Gasteiger partial charge in [0.25, 0.3) is 5.92 Å². The third-order valence-corrected chi connectivity index (χ3v) is 9.07. The molecule has 0 aliphatic carbocycles. The van der Waals surface area contributed by atoms with Gasteiger partial charge in [-0.05, 0) is 35.6 Å². The molecule has 0 saturated carbocycles. The molecule has 0 saturated heterocycles. The number of hydrogen-bond acceptors (Lipinski definition) is 5. The monoisotopic (exact) mass is 528 g/mol. The van der Waals surface area contributed by atoms with Crippen LogP contribution in [0, 0.1) is 11.2 Å². The zero-order valence-corrected chi connectivity index (χ0v) is 21.2. The van der Waals surface area contributed by atoms with Crippen LogP contribution in [0.5, 0.6) is 5.75 Å². The SMILES string of the molecule is CC1(C)CC2=C(C(c3ccc(C(F)(F)Cc4ccccc4)cc3F)Nc3cccc(O)c3N2)S(=O)(=O)C1. The van der Waals surface area contributed by atoms with Crippen molar-refractivity contribution in [3.8, 4) is 5.75 Å². The Hall–Kier alpha value is -3.46. The van der Waals surface area contributed by atoms with E-state index >= 15 is 13.2 Å². The number of benzene rings is 3. The zero-order valence-electron chi connectivity index (χ0n) is 20.4. The van der Waals surface area contributed by atoms with E-state index in [1.807, 2.05) is 13.8 Å². The predicted molar refractivity (Wildman–Crippen MR) is 138 cm³/mol. The van der Waals surface area contributed by atoms with Gasteiger partial charge in [0.2, 0.25) is 0 Å². The molecule has 0 spiro atoms. The lowest BCUT2D eigenvalue weighted by molar-refractivity contribution is -0.00414. The van der Waals surface area contributed by atoms with Gasteiger partial charge in [0.1, 0.15) is 17.3 Å². The fourth-order valence-electron chi connectivity index (χ4n) is 5.18. The molecule has 2 aliphatic rings. The molecule has 3 N–H and O–H groups in total. The highest BCUT2D eigenvalue weighted by atomic mass is 32.2. The van der Waals surface area contributed by atoms with E-state index in [0.717, 1.165) is 12.1 Å². The maximum absolute atomic E-state index is 15.6. The second kappa shape index (κ2) is 8.83. The molecular weight excluding hydrogens is 501 g/mol. The lowest BCUT2D eigenvalue weighted by Gasteiger charge is -2.35. The summed E-state index contributed by atoms with van der Waals surface area (Å²) in [6, 6.07) is 14.8. The number of aromatic hydroxyl groups is 1. The van der Waals surface area contributed by atoms with Crippen LogP contribution in [0.25, 0.3) is 0 Å². The van der Waals surface area contributed by atoms with E-state index in [1.54, 1.807) is 42.5 Å². The van der Waals surface area contributed by atoms with Crippen LogP contribution in [-0.4, -0.2) is 19.3 Å². The molecule has 5 rings (SSSR count). The topological polar surface area (TPSA) is 78.4 Å². The van der Waals surface area contributed by atoms with Crippen LogP contribution in [0.3, 0.4) is 0 Å². The van der Waals surface area contributed by atoms with Gasteiger partial charge in [-0.25, -0.2) is 21.6 Å². The number of phenolic OH excluding ortho intramolecular Hbond substituents is 1. The first-order valence-corrected chi connectivity index (χ1v) is 13.5. The van der Waals surface area contributed by atoms with E-state index in [4.69, 9.17) is 0 Å². The molecule has 0 aromatic heterocycles. The number of phenols is 1. The maximum atomic E-state index is 15.6. The molecule has 194 valence electrons. The number of para-hydroxylation sites is 1. The molecule has 2 heterocycles. The molecular formula is C28H27F3N2O3S. The fourth-order valence-corrected chi connectivity index (χ4v) is 7.51. The van der Waals surface area contributed by atoms with Crippen molar-refractivity contribution in [2.24, 2.45) is 5.41 Å². The van der Waals surface area contributed by atoms with E-state index < -0.39 is 45.0 Å². The van der Waals surface area contributed by atoms with Crippen LogP contribution < -0.4 is 10.6 Å². The van der Waals surface area contributed by atoms with E-state index in [1.165, 1.54) is 12.1 Å². The lowest BCUT2D eigenvalue weighted by atomic mass is 9.88. The molecule has 5 nitrogen and oxygen atoms in total. The van der Waals surface area contributed by atoms with Gasteiger partial charge >= 0.3 is 0 Å². The highest BCUT2D eigenvalue weighted by Gasteiger charge is 2.44. The summed E-state index contributed by atoms with van der Waals surface area (Å²) in [6.45, 7) is 3.64. The average Bonchev–Trinajstić information content (AvgIpc) is 2.96. The standard InChI is InChI=1S/C28H27F3N2O3S/c1-27(2)15-22-26(37(35,36)16-27)24(32-21-9-6-10-23(34)25(21)33-22)19-12-11-18(13-20(19)29)28(30,31)14-17-7-4-3-5-8-17/h3-13,24,32-34H,14-16H2,1-2H3. The summed E-state index contributed by atoms with van der Waals surface area (Å²) in [5.41, 5.74) is 0.216. The second-order valence-electron chi connectivity index (χ2n) is 10.4. The van der Waals surface area contributed by atoms with E-state index in [0.29, 0.717) is 23.4 Å². The summed E-state index contributed by atoms with van der Waals surface area (Å²) in [5, 5.41) is 16.6. The smallest absolute Gasteiger partial charge is 0.277 e. The molecule has 37 heavy (non-hydrogen) atoms. The Labute approximate surface area is 214 Å². The van der Waals surface area contributed by atoms with Crippen LogP contribution in [0.4, 0.5) is 24.5 Å². The fraction of sp³-hybridized carbons (Fsp3) is 0.286. The van der Waals surface area contributed by atoms with Crippen LogP contribution in [-0.2, 0) is 22.2 Å². The van der Waals surface area contributed by atoms with Gasteiger partial charge in [-0.1, -0.05) is 62.4 Å². The lowest BCUT2D eigenvalue weighted by Crippen LogP contribution is -2.35. The first-order valence-electron chi connectivity index (χ1n) is 11.9. The van der Waals surface area contributed by atoms with Gasteiger partial charge in [-0.15, -0.1) is 0 Å². The van der Waals surface area contributed by atoms with Crippen molar-refractivity contribution in [2.45, 2.75) is 38.7 Å². The summed E-state index contributed by atoms with van der Waals surface area (Å²) in [6.07, 6.45) is -0.258. The highest BCUT2D eigenvalue weighted by Crippen LogP contribution is 2.48. The van der Waals surface area contributed by atoms with Gasteiger partial charge in [0.15, 0.2) is 9.84 Å². The van der Waals surface area contributed by atoms with Crippen molar-refractivity contribution in [1.82, 2.24) is 0 Å². The van der Waals surface area contributed by atoms with Crippen molar-refractivity contribution in [3.05, 3.63) is 99.8 Å². The van der Waals surface area contributed by atoms with Crippen molar-refractivity contribution in [2.75, 3.05) is 16.4 Å². The Kier molecular flexibility index (Phi) is 6.02. The van der Waals surface area contributed by atoms with E-state index in [2.05, 4.69) is 10.6 Å². The molecule has 0 radical (unpaired) electrons. The largest absolute Gasteiger partial charge is 0.506 e. The molecule has 1 unspecified atom stereocenters. The van der Waals surface area contributed by atoms with Crippen LogP contribution in [0.15, 0.2) is 77.3 Å². The maximum Gasteiger partial charge on any atom is 0.277 e. The Morgan fingerprint density at radius 1 is 1.05 bits per heavy atom. The van der Waals surface area contributed by atoms with Crippen molar-refractivity contribution in [1.29, 1.82) is 0 Å². The number of alkyl halides is 2. The van der Waals surface area contributed by atoms with Crippen molar-refractivity contribution in [3.63, 3.8) is 0 Å². The normalized spacial score (nSPS) is 20.2. The van der Waals surface area contributed by atoms with Crippen LogP contribution in [0.2, 0.25) is 0 Å². The van der Waals surface area contributed by atoms with Crippen LogP contribution >= 0.6 is 0 Å². The van der Waals surface area contributed by atoms with E-state index in [9.17, 15) is 13.5 Å². The molecule has 3 aromatic rings. The molecule has 0 fully saturated rings. The van der Waals surface area contributed by atoms with Crippen molar-refractivity contribution < 1.29 is 26.7 Å². The number of rotatable bonds is 4. The van der Waals surface area contributed by atoms with Gasteiger partial charge in [-0.2, -0.15) is 0 Å². The minimum Gasteiger partial charge on any atom is -0.506 e. The van der Waals surface area contributed by atoms with Gasteiger partial charge in [0.05, 0.1) is 22.4 Å². The average molecular weight is 529 g/mol. The molecule has 3 aromatic carbocycles. The first-order chi connectivity index (χ1) is 17.4. The molecule has 9 heteroatoms. The minimum absolute atomic E-state index is 0.0508. The molecule has 1 atom stereocenters. The van der Waals surface area contributed by atoms with Crippen molar-refractivity contribution >= 4 is 21.2 Å². The summed E-state index contributed by atoms with van der Waals surface area (Å²) < 4.78 is 72.7. The summed E-state index contributed by atoms with van der Waals surface area (Å²) in [7, 11) is -3.88. The Balaban J connectivity index is 1.61. The van der Waals surface area contributed by atoms with Gasteiger partial charge in [0, 0.05) is 23.2 Å².